The molecule has 0 atom stereocenters. The lowest BCUT2D eigenvalue weighted by molar-refractivity contribution is -0.0939. The number of hydrogen-bond acceptors (Lipinski definition) is 0. The third-order valence-electron chi connectivity index (χ3n) is 2.99. The van der Waals surface area contributed by atoms with E-state index in [0.29, 0.717) is 6.42 Å². The summed E-state index contributed by atoms with van der Waals surface area (Å²) in [6.07, 6.45) is 3.86. The fourth-order valence-corrected chi connectivity index (χ4v) is 1.91. The number of hydrogen-bond donors (Lipinski definition) is 0. The smallest absolute Gasteiger partial charge is 0.327 e. The van der Waals surface area contributed by atoms with Crippen molar-refractivity contribution in [1.82, 2.24) is 4.57 Å². The summed E-state index contributed by atoms with van der Waals surface area (Å²) in [5.41, 5.74) is 1.67. The zero-order valence-electron chi connectivity index (χ0n) is 9.59. The first-order chi connectivity index (χ1) is 8.00. The Morgan fingerprint density at radius 3 is 2.47 bits per heavy atom. The van der Waals surface area contributed by atoms with Crippen molar-refractivity contribution >= 4 is 5.70 Å². The lowest BCUT2D eigenvalue weighted by atomic mass is 10.0. The van der Waals surface area contributed by atoms with Crippen LogP contribution >= 0.6 is 0 Å². The van der Waals surface area contributed by atoms with E-state index in [0.717, 1.165) is 12.1 Å². The van der Waals surface area contributed by atoms with E-state index >= 15 is 0 Å². The van der Waals surface area contributed by atoms with E-state index in [2.05, 4.69) is 6.92 Å². The van der Waals surface area contributed by atoms with E-state index in [4.69, 9.17) is 0 Å². The first kappa shape index (κ1) is 12.0. The van der Waals surface area contributed by atoms with Gasteiger partial charge in [0, 0.05) is 23.7 Å². The summed E-state index contributed by atoms with van der Waals surface area (Å²) in [6, 6.07) is 1.99. The van der Waals surface area contributed by atoms with Gasteiger partial charge in [-0.15, -0.1) is 0 Å². The van der Waals surface area contributed by atoms with Crippen LogP contribution in [0.25, 0.3) is 5.70 Å². The summed E-state index contributed by atoms with van der Waals surface area (Å²) in [7, 11) is 0. The second kappa shape index (κ2) is 4.43. The van der Waals surface area contributed by atoms with Gasteiger partial charge in [0.05, 0.1) is 0 Å². The van der Waals surface area contributed by atoms with Crippen molar-refractivity contribution in [2.45, 2.75) is 32.4 Å². The molecule has 0 N–H and O–H groups in total. The Labute approximate surface area is 98.2 Å². The lowest BCUT2D eigenvalue weighted by Gasteiger charge is -2.17. The molecule has 0 bridgehead atoms. The molecule has 1 heterocycles. The van der Waals surface area contributed by atoms with E-state index in [1.165, 1.54) is 11.6 Å². The molecule has 1 aliphatic carbocycles. The zero-order valence-corrected chi connectivity index (χ0v) is 9.59. The standard InChI is InChI=1S/C13H14F3N/c1-2-10-7-8-17(9-10)12-5-3-11(4-6-12)13(14,15)16/h3,5,7-9H,2,4,6H2,1H3. The van der Waals surface area contributed by atoms with Gasteiger partial charge in [-0.3, -0.25) is 0 Å². The summed E-state index contributed by atoms with van der Waals surface area (Å²) >= 11 is 0. The molecule has 4 heteroatoms. The third-order valence-corrected chi connectivity index (χ3v) is 2.99. The Hall–Kier alpha value is -1.45. The monoisotopic (exact) mass is 241 g/mol. The van der Waals surface area contributed by atoms with Crippen LogP contribution in [0.15, 0.2) is 36.2 Å². The van der Waals surface area contributed by atoms with Crippen molar-refractivity contribution in [2.24, 2.45) is 0 Å². The normalized spacial score (nSPS) is 16.7. The number of alkyl halides is 3. The Balaban J connectivity index is 2.20. The zero-order chi connectivity index (χ0) is 12.5. The second-order valence-corrected chi connectivity index (χ2v) is 4.13. The van der Waals surface area contributed by atoms with Crippen molar-refractivity contribution in [3.05, 3.63) is 41.7 Å². The molecule has 0 spiro atoms. The Morgan fingerprint density at radius 1 is 1.24 bits per heavy atom. The first-order valence-electron chi connectivity index (χ1n) is 5.65. The van der Waals surface area contributed by atoms with E-state index in [1.54, 1.807) is 6.08 Å². The van der Waals surface area contributed by atoms with E-state index in [9.17, 15) is 13.2 Å². The fourth-order valence-electron chi connectivity index (χ4n) is 1.91. The predicted molar refractivity (Wildman–Crippen MR) is 61.5 cm³/mol. The molecule has 2 rings (SSSR count). The molecular weight excluding hydrogens is 227 g/mol. The van der Waals surface area contributed by atoms with E-state index in [1.807, 2.05) is 23.0 Å². The number of allylic oxidation sites excluding steroid dienone is 4. The molecule has 92 valence electrons. The van der Waals surface area contributed by atoms with Gasteiger partial charge < -0.3 is 4.57 Å². The maximum absolute atomic E-state index is 12.4. The minimum atomic E-state index is -4.19. The average molecular weight is 241 g/mol. The average Bonchev–Trinajstić information content (AvgIpc) is 2.76. The van der Waals surface area contributed by atoms with Crippen LogP contribution in [-0.2, 0) is 6.42 Å². The maximum atomic E-state index is 12.4. The van der Waals surface area contributed by atoms with Gasteiger partial charge in [0.1, 0.15) is 0 Å². The SMILES string of the molecule is CCc1ccn(C2=CC=C(C(F)(F)F)CC2)c1. The summed E-state index contributed by atoms with van der Waals surface area (Å²) in [6.45, 7) is 2.05. The molecule has 0 aliphatic heterocycles. The lowest BCUT2D eigenvalue weighted by Crippen LogP contribution is -2.14. The Kier molecular flexibility index (Phi) is 3.13. The highest BCUT2D eigenvalue weighted by molar-refractivity contribution is 5.52. The van der Waals surface area contributed by atoms with Crippen molar-refractivity contribution in [1.29, 1.82) is 0 Å². The molecule has 1 aliphatic rings. The molecule has 1 nitrogen and oxygen atoms in total. The van der Waals surface area contributed by atoms with E-state index in [-0.39, 0.29) is 6.42 Å². The van der Waals surface area contributed by atoms with Crippen LogP contribution in [0, 0.1) is 0 Å². The Bertz CT molecular complexity index is 463. The topological polar surface area (TPSA) is 4.93 Å². The van der Waals surface area contributed by atoms with Gasteiger partial charge in [-0.1, -0.05) is 13.0 Å². The number of aromatic nitrogens is 1. The highest BCUT2D eigenvalue weighted by atomic mass is 19.4. The van der Waals surface area contributed by atoms with Crippen LogP contribution in [0.3, 0.4) is 0 Å². The van der Waals surface area contributed by atoms with Crippen LogP contribution in [0.5, 0.6) is 0 Å². The van der Waals surface area contributed by atoms with Crippen LogP contribution in [0.2, 0.25) is 0 Å². The number of rotatable bonds is 2. The quantitative estimate of drug-likeness (QED) is 0.732. The highest BCUT2D eigenvalue weighted by Crippen LogP contribution is 2.34. The van der Waals surface area contributed by atoms with Crippen LogP contribution in [-0.4, -0.2) is 10.7 Å². The highest BCUT2D eigenvalue weighted by Gasteiger charge is 2.33. The molecule has 0 amide bonds. The van der Waals surface area contributed by atoms with Crippen molar-refractivity contribution in [2.75, 3.05) is 0 Å². The van der Waals surface area contributed by atoms with Crippen LogP contribution in [0.4, 0.5) is 13.2 Å². The molecule has 0 saturated carbocycles. The van der Waals surface area contributed by atoms with E-state index < -0.39 is 11.7 Å². The first-order valence-corrected chi connectivity index (χ1v) is 5.65. The molecule has 0 radical (unpaired) electrons. The predicted octanol–water partition coefficient (Wildman–Crippen LogP) is 4.17. The van der Waals surface area contributed by atoms with Gasteiger partial charge in [0.25, 0.3) is 0 Å². The maximum Gasteiger partial charge on any atom is 0.412 e. The van der Waals surface area contributed by atoms with Gasteiger partial charge in [0.15, 0.2) is 0 Å². The van der Waals surface area contributed by atoms with Crippen molar-refractivity contribution in [3.8, 4) is 0 Å². The molecule has 17 heavy (non-hydrogen) atoms. The number of halogens is 3. The molecule has 0 unspecified atom stereocenters. The second-order valence-electron chi connectivity index (χ2n) is 4.13. The van der Waals surface area contributed by atoms with Gasteiger partial charge in [-0.05, 0) is 37.0 Å². The van der Waals surface area contributed by atoms with Crippen LogP contribution in [0.1, 0.15) is 25.3 Å². The van der Waals surface area contributed by atoms with Crippen LogP contribution < -0.4 is 0 Å². The van der Waals surface area contributed by atoms with Crippen molar-refractivity contribution in [3.63, 3.8) is 0 Å². The van der Waals surface area contributed by atoms with Gasteiger partial charge >= 0.3 is 6.18 Å². The molecule has 0 aromatic carbocycles. The molecule has 0 fully saturated rings. The molecule has 1 aromatic rings. The summed E-state index contributed by atoms with van der Waals surface area (Å²) < 4.78 is 39.2. The van der Waals surface area contributed by atoms with Gasteiger partial charge in [-0.2, -0.15) is 13.2 Å². The van der Waals surface area contributed by atoms with Gasteiger partial charge in [0.2, 0.25) is 0 Å². The third kappa shape index (κ3) is 2.62. The summed E-state index contributed by atoms with van der Waals surface area (Å²) in [4.78, 5) is 0. The number of aryl methyl sites for hydroxylation is 1. The fraction of sp³-hybridized carbons (Fsp3) is 0.385. The minimum absolute atomic E-state index is 0.0645. The molecular formula is C13H14F3N. The number of nitrogens with zero attached hydrogens (tertiary/aromatic N) is 1. The minimum Gasteiger partial charge on any atom is -0.327 e. The Morgan fingerprint density at radius 2 is 2.00 bits per heavy atom. The van der Waals surface area contributed by atoms with Gasteiger partial charge in [-0.25, -0.2) is 0 Å². The van der Waals surface area contributed by atoms with Crippen molar-refractivity contribution < 1.29 is 13.2 Å². The molecule has 0 saturated heterocycles. The summed E-state index contributed by atoms with van der Waals surface area (Å²) in [5.74, 6) is 0. The summed E-state index contributed by atoms with van der Waals surface area (Å²) in [5, 5.41) is 0. The largest absolute Gasteiger partial charge is 0.412 e. The molecule has 1 aromatic heterocycles.